The highest BCUT2D eigenvalue weighted by Gasteiger charge is 1.92. The maximum absolute atomic E-state index is 11.1. The Morgan fingerprint density at radius 3 is 2.00 bits per heavy atom. The van der Waals surface area contributed by atoms with Gasteiger partial charge in [-0.05, 0) is 48.6 Å². The van der Waals surface area contributed by atoms with E-state index in [4.69, 9.17) is 0 Å². The molecule has 1 rings (SSSR count). The zero-order valence-corrected chi connectivity index (χ0v) is 8.10. The van der Waals surface area contributed by atoms with Crippen LogP contribution in [0.1, 0.15) is 11.1 Å². The molecule has 1 nitrogen and oxygen atoms in total. The van der Waals surface area contributed by atoms with Crippen molar-refractivity contribution in [2.45, 2.75) is 13.8 Å². The van der Waals surface area contributed by atoms with Crippen LogP contribution in [0.15, 0.2) is 12.1 Å². The number of rotatable bonds is 0. The number of hydrogen-bond acceptors (Lipinski definition) is 1. The van der Waals surface area contributed by atoms with Gasteiger partial charge in [0.1, 0.15) is 0 Å². The Kier molecular flexibility index (Phi) is 2.18. The smallest absolute Gasteiger partial charge is 0.0135 e. The SMILES string of the molecule is Cc1cc(I)cc(C)c1[O-]. The highest BCUT2D eigenvalue weighted by atomic mass is 127. The Hall–Kier alpha value is -0.250. The molecule has 0 spiro atoms. The number of aryl methyl sites for hydroxylation is 2. The third-order valence-electron chi connectivity index (χ3n) is 1.43. The van der Waals surface area contributed by atoms with Crippen LogP contribution in [0, 0.1) is 17.4 Å². The summed E-state index contributed by atoms with van der Waals surface area (Å²) < 4.78 is 1.13. The lowest BCUT2D eigenvalue weighted by Crippen LogP contribution is -1.96. The Morgan fingerprint density at radius 2 is 1.60 bits per heavy atom. The molecular formula is C8H8IO-. The minimum absolute atomic E-state index is 0.167. The van der Waals surface area contributed by atoms with Gasteiger partial charge in [-0.1, -0.05) is 11.1 Å². The van der Waals surface area contributed by atoms with Gasteiger partial charge in [0.25, 0.3) is 0 Å². The summed E-state index contributed by atoms with van der Waals surface area (Å²) in [7, 11) is 0. The third-order valence-corrected chi connectivity index (χ3v) is 2.05. The summed E-state index contributed by atoms with van der Waals surface area (Å²) >= 11 is 2.21. The second-order valence-corrected chi connectivity index (χ2v) is 3.61. The highest BCUT2D eigenvalue weighted by Crippen LogP contribution is 2.20. The molecule has 0 aliphatic carbocycles. The molecule has 1 aromatic carbocycles. The van der Waals surface area contributed by atoms with Crippen molar-refractivity contribution in [2.75, 3.05) is 0 Å². The minimum Gasteiger partial charge on any atom is -0.872 e. The van der Waals surface area contributed by atoms with E-state index >= 15 is 0 Å². The van der Waals surface area contributed by atoms with Crippen molar-refractivity contribution < 1.29 is 5.11 Å². The van der Waals surface area contributed by atoms with Gasteiger partial charge in [0.05, 0.1) is 0 Å². The monoisotopic (exact) mass is 247 g/mol. The molecule has 0 amide bonds. The van der Waals surface area contributed by atoms with Gasteiger partial charge in [0.15, 0.2) is 0 Å². The summed E-state index contributed by atoms with van der Waals surface area (Å²) in [5.74, 6) is 0.167. The summed E-state index contributed by atoms with van der Waals surface area (Å²) in [6.07, 6.45) is 0. The first kappa shape index (κ1) is 7.85. The Morgan fingerprint density at radius 1 is 1.20 bits per heavy atom. The molecule has 0 unspecified atom stereocenters. The van der Waals surface area contributed by atoms with Crippen molar-refractivity contribution in [1.82, 2.24) is 0 Å². The molecule has 0 fully saturated rings. The summed E-state index contributed by atoms with van der Waals surface area (Å²) in [5.41, 5.74) is 1.67. The van der Waals surface area contributed by atoms with Gasteiger partial charge in [-0.15, -0.1) is 5.75 Å². The van der Waals surface area contributed by atoms with Crippen molar-refractivity contribution in [3.63, 3.8) is 0 Å². The second-order valence-electron chi connectivity index (χ2n) is 2.37. The molecule has 54 valence electrons. The molecule has 0 heterocycles. The zero-order valence-electron chi connectivity index (χ0n) is 5.94. The van der Waals surface area contributed by atoms with E-state index in [1.807, 2.05) is 26.0 Å². The predicted octanol–water partition coefficient (Wildman–Crippen LogP) is 1.98. The standard InChI is InChI=1S/C8H9IO/c1-5-3-7(9)4-6(2)8(5)10/h3-4,10H,1-2H3/p-1. The minimum atomic E-state index is 0.167. The summed E-state index contributed by atoms with van der Waals surface area (Å²) in [6.45, 7) is 3.69. The van der Waals surface area contributed by atoms with Crippen LogP contribution in [0.5, 0.6) is 5.75 Å². The average molecular weight is 247 g/mol. The molecule has 0 saturated heterocycles. The zero-order chi connectivity index (χ0) is 7.72. The fourth-order valence-electron chi connectivity index (χ4n) is 0.897. The molecule has 0 aliphatic rings. The summed E-state index contributed by atoms with van der Waals surface area (Å²) in [5, 5.41) is 11.1. The Bertz CT molecular complexity index is 232. The molecule has 0 atom stereocenters. The summed E-state index contributed by atoms with van der Waals surface area (Å²) in [6, 6.07) is 3.80. The molecule has 0 saturated carbocycles. The lowest BCUT2D eigenvalue weighted by molar-refractivity contribution is -0.270. The Balaban J connectivity index is 3.31. The van der Waals surface area contributed by atoms with E-state index in [2.05, 4.69) is 22.6 Å². The molecule has 0 aliphatic heterocycles. The molecule has 2 heteroatoms. The van der Waals surface area contributed by atoms with Crippen LogP contribution in [0.25, 0.3) is 0 Å². The van der Waals surface area contributed by atoms with E-state index in [0.717, 1.165) is 14.7 Å². The van der Waals surface area contributed by atoms with Crippen LogP contribution < -0.4 is 5.11 Å². The van der Waals surface area contributed by atoms with E-state index in [-0.39, 0.29) is 5.75 Å². The maximum Gasteiger partial charge on any atom is 0.0135 e. The third kappa shape index (κ3) is 1.42. The fourth-order valence-corrected chi connectivity index (χ4v) is 1.83. The van der Waals surface area contributed by atoms with Crippen molar-refractivity contribution >= 4 is 22.6 Å². The second kappa shape index (κ2) is 2.78. The van der Waals surface area contributed by atoms with Crippen molar-refractivity contribution in [2.24, 2.45) is 0 Å². The molecule has 10 heavy (non-hydrogen) atoms. The molecule has 0 N–H and O–H groups in total. The van der Waals surface area contributed by atoms with Crippen LogP contribution in [0.4, 0.5) is 0 Å². The van der Waals surface area contributed by atoms with Crippen LogP contribution in [0.3, 0.4) is 0 Å². The summed E-state index contributed by atoms with van der Waals surface area (Å²) in [4.78, 5) is 0. The van der Waals surface area contributed by atoms with E-state index < -0.39 is 0 Å². The van der Waals surface area contributed by atoms with Gasteiger partial charge in [-0.25, -0.2) is 0 Å². The van der Waals surface area contributed by atoms with E-state index in [9.17, 15) is 5.11 Å². The number of hydrogen-bond donors (Lipinski definition) is 0. The first-order valence-electron chi connectivity index (χ1n) is 3.05. The van der Waals surface area contributed by atoms with Gasteiger partial charge in [0.2, 0.25) is 0 Å². The van der Waals surface area contributed by atoms with Crippen molar-refractivity contribution in [3.8, 4) is 5.75 Å². The van der Waals surface area contributed by atoms with E-state index in [1.165, 1.54) is 0 Å². The lowest BCUT2D eigenvalue weighted by Gasteiger charge is -2.13. The van der Waals surface area contributed by atoms with E-state index in [1.54, 1.807) is 0 Å². The van der Waals surface area contributed by atoms with Crippen LogP contribution >= 0.6 is 22.6 Å². The fraction of sp³-hybridized carbons (Fsp3) is 0.250. The van der Waals surface area contributed by atoms with Crippen LogP contribution in [-0.2, 0) is 0 Å². The number of halogens is 1. The first-order valence-corrected chi connectivity index (χ1v) is 4.13. The molecule has 0 radical (unpaired) electrons. The first-order chi connectivity index (χ1) is 4.61. The molecule has 1 aromatic rings. The Labute approximate surface area is 74.2 Å². The maximum atomic E-state index is 11.1. The van der Waals surface area contributed by atoms with Crippen molar-refractivity contribution in [1.29, 1.82) is 0 Å². The normalized spacial score (nSPS) is 9.90. The van der Waals surface area contributed by atoms with Gasteiger partial charge in [-0.2, -0.15) is 0 Å². The van der Waals surface area contributed by atoms with Gasteiger partial charge in [-0.3, -0.25) is 0 Å². The van der Waals surface area contributed by atoms with Crippen LogP contribution in [0.2, 0.25) is 0 Å². The average Bonchev–Trinajstić information content (AvgIpc) is 1.82. The topological polar surface area (TPSA) is 23.1 Å². The lowest BCUT2D eigenvalue weighted by atomic mass is 10.1. The number of benzene rings is 1. The van der Waals surface area contributed by atoms with E-state index in [0.29, 0.717) is 0 Å². The predicted molar refractivity (Wildman–Crippen MR) is 48.1 cm³/mol. The van der Waals surface area contributed by atoms with Gasteiger partial charge >= 0.3 is 0 Å². The quantitative estimate of drug-likeness (QED) is 0.643. The molecule has 0 bridgehead atoms. The largest absolute Gasteiger partial charge is 0.872 e. The molecule has 0 aromatic heterocycles. The van der Waals surface area contributed by atoms with Crippen LogP contribution in [-0.4, -0.2) is 0 Å². The van der Waals surface area contributed by atoms with Gasteiger partial charge < -0.3 is 5.11 Å². The van der Waals surface area contributed by atoms with Crippen molar-refractivity contribution in [3.05, 3.63) is 26.8 Å². The highest BCUT2D eigenvalue weighted by molar-refractivity contribution is 14.1. The van der Waals surface area contributed by atoms with Gasteiger partial charge in [0, 0.05) is 3.57 Å². The molecular weight excluding hydrogens is 239 g/mol.